The van der Waals surface area contributed by atoms with Gasteiger partial charge in [-0.1, -0.05) is 11.8 Å². The number of fused-ring (bicyclic) bond motifs is 1. The maximum Gasteiger partial charge on any atom is 0.341 e. The van der Waals surface area contributed by atoms with E-state index >= 15 is 0 Å². The lowest BCUT2D eigenvalue weighted by atomic mass is 10.1. The lowest BCUT2D eigenvalue weighted by molar-refractivity contribution is 0.0598. The molecule has 0 N–H and O–H groups in total. The second kappa shape index (κ2) is 7.23. The third-order valence-electron chi connectivity index (χ3n) is 4.43. The van der Waals surface area contributed by atoms with Gasteiger partial charge in [-0.2, -0.15) is 15.5 Å². The minimum atomic E-state index is -0.356. The van der Waals surface area contributed by atoms with Crippen molar-refractivity contribution in [1.29, 1.82) is 5.26 Å². The van der Waals surface area contributed by atoms with E-state index < -0.39 is 0 Å². The summed E-state index contributed by atoms with van der Waals surface area (Å²) in [5.41, 5.74) is 4.29. The van der Waals surface area contributed by atoms with Crippen LogP contribution in [-0.2, 0) is 23.5 Å². The molecule has 25 heavy (non-hydrogen) atoms. The third-order valence-corrected chi connectivity index (χ3v) is 5.41. The number of carbonyl (C=O) groups excluding carboxylic acids is 1. The topological polar surface area (TPSA) is 93.7 Å². The van der Waals surface area contributed by atoms with Crippen molar-refractivity contribution < 1.29 is 9.53 Å². The molecular formula is C17H19N5O2S. The van der Waals surface area contributed by atoms with Gasteiger partial charge in [0.05, 0.1) is 29.8 Å². The van der Waals surface area contributed by atoms with E-state index in [0.29, 0.717) is 27.6 Å². The molecule has 7 nitrogen and oxygen atoms in total. The van der Waals surface area contributed by atoms with Gasteiger partial charge in [0.25, 0.3) is 0 Å². The summed E-state index contributed by atoms with van der Waals surface area (Å²) in [6.07, 6.45) is 2.93. The van der Waals surface area contributed by atoms with Gasteiger partial charge in [-0.25, -0.2) is 4.79 Å². The normalized spacial score (nSPS) is 13.2. The molecule has 0 amide bonds. The number of nitriles is 1. The molecule has 3 rings (SSSR count). The highest BCUT2D eigenvalue weighted by Gasteiger charge is 2.26. The van der Waals surface area contributed by atoms with E-state index in [0.717, 1.165) is 42.8 Å². The molecule has 0 fully saturated rings. The number of hydrogen-bond donors (Lipinski definition) is 0. The number of aromatic nitrogens is 4. The number of methoxy groups -OCH3 is 1. The second-order valence-corrected chi connectivity index (χ2v) is 6.90. The minimum Gasteiger partial charge on any atom is -0.465 e. The van der Waals surface area contributed by atoms with Crippen LogP contribution in [0.15, 0.2) is 5.03 Å². The quantitative estimate of drug-likeness (QED) is 0.613. The molecule has 0 unspecified atom stereocenters. The first-order chi connectivity index (χ1) is 12.1. The molecule has 8 heteroatoms. The summed E-state index contributed by atoms with van der Waals surface area (Å²) in [6.45, 7) is 4.51. The van der Waals surface area contributed by atoms with E-state index in [-0.39, 0.29) is 5.97 Å². The standard InChI is InChI=1S/C17H19N5O2S/c1-10-11(2)19-20-16(12(10)8-18)25-9-13-15(17(23)24-3)14-6-4-5-7-22(14)21-13/h4-7,9H2,1-3H3. The Kier molecular flexibility index (Phi) is 5.04. The summed E-state index contributed by atoms with van der Waals surface area (Å²) < 4.78 is 6.86. The molecule has 0 bridgehead atoms. The van der Waals surface area contributed by atoms with Crippen LogP contribution in [0.25, 0.3) is 0 Å². The maximum absolute atomic E-state index is 12.2. The van der Waals surface area contributed by atoms with Gasteiger partial charge in [0.15, 0.2) is 0 Å². The molecule has 3 heterocycles. The Labute approximate surface area is 150 Å². The smallest absolute Gasteiger partial charge is 0.341 e. The lowest BCUT2D eigenvalue weighted by Crippen LogP contribution is -2.14. The van der Waals surface area contributed by atoms with Crippen molar-refractivity contribution in [3.05, 3.63) is 33.8 Å². The number of rotatable bonds is 4. The number of carbonyl (C=O) groups is 1. The van der Waals surface area contributed by atoms with E-state index in [2.05, 4.69) is 21.4 Å². The van der Waals surface area contributed by atoms with E-state index in [1.165, 1.54) is 18.9 Å². The fourth-order valence-corrected chi connectivity index (χ4v) is 3.86. The van der Waals surface area contributed by atoms with Gasteiger partial charge in [-0.05, 0) is 38.7 Å². The number of nitrogens with zero attached hydrogens (tertiary/aromatic N) is 5. The highest BCUT2D eigenvalue weighted by Crippen LogP contribution is 2.30. The van der Waals surface area contributed by atoms with Gasteiger partial charge >= 0.3 is 5.97 Å². The Balaban J connectivity index is 1.92. The number of esters is 1. The fourth-order valence-electron chi connectivity index (χ4n) is 2.94. The predicted octanol–water partition coefficient (Wildman–Crippen LogP) is 2.58. The fraction of sp³-hybridized carbons (Fsp3) is 0.471. The first-order valence-electron chi connectivity index (χ1n) is 8.10. The first-order valence-corrected chi connectivity index (χ1v) is 9.09. The number of thioether (sulfide) groups is 1. The van der Waals surface area contributed by atoms with E-state index in [1.807, 2.05) is 18.5 Å². The van der Waals surface area contributed by atoms with Crippen molar-refractivity contribution in [3.8, 4) is 6.07 Å². The SMILES string of the molecule is COC(=O)c1c(CSc2nnc(C)c(C)c2C#N)nn2c1CCCC2. The molecule has 1 aliphatic rings. The van der Waals surface area contributed by atoms with Crippen LogP contribution in [0.4, 0.5) is 0 Å². The molecule has 130 valence electrons. The Morgan fingerprint density at radius 3 is 2.88 bits per heavy atom. The van der Waals surface area contributed by atoms with Gasteiger partial charge in [-0.3, -0.25) is 4.68 Å². The highest BCUT2D eigenvalue weighted by atomic mass is 32.2. The maximum atomic E-state index is 12.2. The highest BCUT2D eigenvalue weighted by molar-refractivity contribution is 7.98. The Morgan fingerprint density at radius 2 is 2.16 bits per heavy atom. The molecule has 0 aliphatic carbocycles. The van der Waals surface area contributed by atoms with Crippen LogP contribution < -0.4 is 0 Å². The van der Waals surface area contributed by atoms with Crippen molar-refractivity contribution in [2.24, 2.45) is 0 Å². The van der Waals surface area contributed by atoms with Crippen LogP contribution in [0.5, 0.6) is 0 Å². The Hall–Kier alpha value is -2.40. The average Bonchev–Trinajstić information content (AvgIpc) is 3.00. The van der Waals surface area contributed by atoms with E-state index in [1.54, 1.807) is 0 Å². The zero-order chi connectivity index (χ0) is 18.0. The Bertz CT molecular complexity index is 869. The molecular weight excluding hydrogens is 338 g/mol. The second-order valence-electron chi connectivity index (χ2n) is 5.93. The van der Waals surface area contributed by atoms with Crippen molar-refractivity contribution in [3.63, 3.8) is 0 Å². The number of hydrogen-bond acceptors (Lipinski definition) is 7. The van der Waals surface area contributed by atoms with Crippen molar-refractivity contribution >= 4 is 17.7 Å². The zero-order valence-electron chi connectivity index (χ0n) is 14.5. The predicted molar refractivity (Wildman–Crippen MR) is 92.3 cm³/mol. The van der Waals surface area contributed by atoms with Gasteiger partial charge in [0.1, 0.15) is 16.7 Å². The van der Waals surface area contributed by atoms with Crippen molar-refractivity contribution in [2.45, 2.75) is 50.4 Å². The van der Waals surface area contributed by atoms with Crippen LogP contribution in [0.2, 0.25) is 0 Å². The van der Waals surface area contributed by atoms with Gasteiger partial charge in [0, 0.05) is 12.3 Å². The van der Waals surface area contributed by atoms with Crippen LogP contribution in [-0.4, -0.2) is 33.1 Å². The first kappa shape index (κ1) is 17.4. The molecule has 0 spiro atoms. The summed E-state index contributed by atoms with van der Waals surface area (Å²) in [7, 11) is 1.38. The molecule has 1 aliphatic heterocycles. The molecule has 2 aromatic rings. The van der Waals surface area contributed by atoms with Crippen LogP contribution in [0.3, 0.4) is 0 Å². The van der Waals surface area contributed by atoms with Crippen molar-refractivity contribution in [1.82, 2.24) is 20.0 Å². The molecule has 0 radical (unpaired) electrons. The molecule has 0 aromatic carbocycles. The summed E-state index contributed by atoms with van der Waals surface area (Å²) in [4.78, 5) is 12.2. The van der Waals surface area contributed by atoms with Crippen LogP contribution in [0, 0.1) is 25.2 Å². The van der Waals surface area contributed by atoms with Crippen LogP contribution >= 0.6 is 11.8 Å². The summed E-state index contributed by atoms with van der Waals surface area (Å²) in [5.74, 6) is 0.0847. The van der Waals surface area contributed by atoms with Gasteiger partial charge < -0.3 is 4.74 Å². The number of aryl methyl sites for hydroxylation is 2. The molecule has 0 saturated heterocycles. The zero-order valence-corrected chi connectivity index (χ0v) is 15.3. The average molecular weight is 357 g/mol. The summed E-state index contributed by atoms with van der Waals surface area (Å²) >= 11 is 1.37. The lowest BCUT2D eigenvalue weighted by Gasteiger charge is -2.13. The number of ether oxygens (including phenoxy) is 1. The van der Waals surface area contributed by atoms with Crippen molar-refractivity contribution in [2.75, 3.05) is 7.11 Å². The Morgan fingerprint density at radius 1 is 1.36 bits per heavy atom. The van der Waals surface area contributed by atoms with E-state index in [4.69, 9.17) is 4.74 Å². The molecule has 2 aromatic heterocycles. The van der Waals surface area contributed by atoms with Gasteiger partial charge in [-0.15, -0.1) is 5.10 Å². The van der Waals surface area contributed by atoms with Gasteiger partial charge in [0.2, 0.25) is 0 Å². The largest absolute Gasteiger partial charge is 0.465 e. The van der Waals surface area contributed by atoms with E-state index in [9.17, 15) is 10.1 Å². The monoisotopic (exact) mass is 357 g/mol. The molecule has 0 saturated carbocycles. The third kappa shape index (κ3) is 3.24. The molecule has 0 atom stereocenters. The summed E-state index contributed by atoms with van der Waals surface area (Å²) in [5, 5.41) is 22.8. The minimum absolute atomic E-state index is 0.356. The van der Waals surface area contributed by atoms with Crippen LogP contribution in [0.1, 0.15) is 51.4 Å². The summed E-state index contributed by atoms with van der Waals surface area (Å²) in [6, 6.07) is 2.20.